The van der Waals surface area contributed by atoms with E-state index in [1.165, 1.54) is 0 Å². The van der Waals surface area contributed by atoms with Crippen LogP contribution in [0.5, 0.6) is 5.75 Å². The summed E-state index contributed by atoms with van der Waals surface area (Å²) in [4.78, 5) is 14.6. The van der Waals surface area contributed by atoms with Gasteiger partial charge in [-0.3, -0.25) is 9.69 Å². The molecule has 112 valence electrons. The molecule has 4 nitrogen and oxygen atoms in total. The van der Waals surface area contributed by atoms with Crippen molar-refractivity contribution in [2.75, 3.05) is 6.54 Å². The van der Waals surface area contributed by atoms with Gasteiger partial charge in [0.1, 0.15) is 11.4 Å². The summed E-state index contributed by atoms with van der Waals surface area (Å²) in [6.07, 6.45) is 0.541. The van der Waals surface area contributed by atoms with Gasteiger partial charge in [-0.25, -0.2) is 0 Å². The summed E-state index contributed by atoms with van der Waals surface area (Å²) in [5, 5.41) is 3.76. The molecule has 0 saturated carbocycles. The fourth-order valence-electron chi connectivity index (χ4n) is 3.21. The van der Waals surface area contributed by atoms with Crippen LogP contribution >= 0.6 is 28.1 Å². The molecule has 21 heavy (non-hydrogen) atoms. The molecule has 0 bridgehead atoms. The zero-order valence-electron chi connectivity index (χ0n) is 12.2. The number of carbonyl (C=O) groups excluding carboxylic acids is 1. The number of ether oxygens (including phenoxy) is 1. The second-order valence-electron chi connectivity index (χ2n) is 6.06. The van der Waals surface area contributed by atoms with E-state index in [0.29, 0.717) is 18.1 Å². The van der Waals surface area contributed by atoms with Crippen LogP contribution in [0.15, 0.2) is 22.7 Å². The fourth-order valence-corrected chi connectivity index (χ4v) is 3.96. The Labute approximate surface area is 138 Å². The van der Waals surface area contributed by atoms with Crippen molar-refractivity contribution < 1.29 is 9.53 Å². The average molecular weight is 369 g/mol. The first-order valence-electron chi connectivity index (χ1n) is 6.92. The highest BCUT2D eigenvalue weighted by atomic mass is 79.9. The predicted molar refractivity (Wildman–Crippen MR) is 88.3 cm³/mol. The van der Waals surface area contributed by atoms with Gasteiger partial charge in [0.15, 0.2) is 10.7 Å². The number of nitrogens with one attached hydrogen (secondary N) is 1. The molecule has 1 fully saturated rings. The molecular weight excluding hydrogens is 352 g/mol. The minimum atomic E-state index is -0.825. The number of hydrogen-bond acceptors (Lipinski definition) is 3. The van der Waals surface area contributed by atoms with E-state index < -0.39 is 11.1 Å². The van der Waals surface area contributed by atoms with Gasteiger partial charge in [-0.05, 0) is 51.2 Å². The van der Waals surface area contributed by atoms with Crippen LogP contribution in [-0.4, -0.2) is 28.1 Å². The Balaban J connectivity index is 2.21. The molecule has 0 aliphatic carbocycles. The number of nitrogens with zero attached hydrogens (tertiary/aromatic N) is 1. The molecule has 0 radical (unpaired) electrons. The van der Waals surface area contributed by atoms with E-state index in [0.717, 1.165) is 15.8 Å². The Kier molecular flexibility index (Phi) is 3.29. The highest BCUT2D eigenvalue weighted by Crippen LogP contribution is 2.47. The number of halogens is 1. The second-order valence-corrected chi connectivity index (χ2v) is 7.37. The molecule has 0 aromatic heterocycles. The molecule has 1 aromatic carbocycles. The molecule has 1 aromatic rings. The van der Waals surface area contributed by atoms with E-state index in [-0.39, 0.29) is 5.91 Å². The lowest BCUT2D eigenvalue weighted by atomic mass is 9.77. The molecule has 2 heterocycles. The quantitative estimate of drug-likeness (QED) is 0.773. The summed E-state index contributed by atoms with van der Waals surface area (Å²) in [5.74, 6) is 0.738. The molecule has 1 saturated heterocycles. The maximum atomic E-state index is 13.0. The van der Waals surface area contributed by atoms with Crippen molar-refractivity contribution >= 4 is 39.2 Å². The van der Waals surface area contributed by atoms with Gasteiger partial charge in [-0.1, -0.05) is 15.9 Å². The monoisotopic (exact) mass is 368 g/mol. The zero-order chi connectivity index (χ0) is 15.4. The number of fused-ring (bicyclic) bond motifs is 2. The van der Waals surface area contributed by atoms with Crippen LogP contribution in [0.1, 0.15) is 32.8 Å². The lowest BCUT2D eigenvalue weighted by Gasteiger charge is -2.42. The number of rotatable bonds is 1. The Morgan fingerprint density at radius 1 is 1.48 bits per heavy atom. The molecule has 1 atom stereocenters. The number of carbonyl (C=O) groups is 1. The number of likely N-dealkylation sites (N-methyl/N-ethyl adjacent to an activating group) is 1. The van der Waals surface area contributed by atoms with Crippen molar-refractivity contribution in [1.29, 1.82) is 0 Å². The molecule has 1 amide bonds. The number of amides is 1. The zero-order valence-corrected chi connectivity index (χ0v) is 14.6. The van der Waals surface area contributed by atoms with Crippen molar-refractivity contribution in [2.24, 2.45) is 0 Å². The van der Waals surface area contributed by atoms with E-state index in [2.05, 4.69) is 21.2 Å². The number of thiocarbonyl (C=S) groups is 1. The fraction of sp³-hybridized carbons (Fsp3) is 0.467. The van der Waals surface area contributed by atoms with E-state index in [1.807, 2.05) is 39.0 Å². The van der Waals surface area contributed by atoms with Gasteiger partial charge in [0.2, 0.25) is 0 Å². The SMILES string of the molecule is CCN1C(=O)C2(CC(C)(C)Oc3ccc(Br)cc32)NC1=S. The van der Waals surface area contributed by atoms with Crippen LogP contribution in [0.3, 0.4) is 0 Å². The van der Waals surface area contributed by atoms with Crippen LogP contribution in [0.4, 0.5) is 0 Å². The van der Waals surface area contributed by atoms with E-state index in [1.54, 1.807) is 4.90 Å². The van der Waals surface area contributed by atoms with Crippen LogP contribution < -0.4 is 10.1 Å². The van der Waals surface area contributed by atoms with Gasteiger partial charge in [-0.15, -0.1) is 0 Å². The average Bonchev–Trinajstić information content (AvgIpc) is 2.61. The highest BCUT2D eigenvalue weighted by Gasteiger charge is 2.56. The molecule has 2 aliphatic heterocycles. The van der Waals surface area contributed by atoms with Crippen molar-refractivity contribution in [2.45, 2.75) is 38.3 Å². The van der Waals surface area contributed by atoms with Crippen molar-refractivity contribution in [3.63, 3.8) is 0 Å². The minimum Gasteiger partial charge on any atom is -0.487 e. The topological polar surface area (TPSA) is 41.6 Å². The molecular formula is C15H17BrN2O2S. The molecule has 6 heteroatoms. The standard InChI is InChI=1S/C15H17BrN2O2S/c1-4-18-12(19)15(17-13(18)21)8-14(2,3)20-11-6-5-9(16)7-10(11)15/h5-7H,4,8H2,1-3H3,(H,17,21). The van der Waals surface area contributed by atoms with Gasteiger partial charge in [0.05, 0.1) is 0 Å². The van der Waals surface area contributed by atoms with Crippen molar-refractivity contribution in [1.82, 2.24) is 10.2 Å². The predicted octanol–water partition coefficient (Wildman–Crippen LogP) is 2.94. The van der Waals surface area contributed by atoms with Crippen LogP contribution in [-0.2, 0) is 10.3 Å². The van der Waals surface area contributed by atoms with Gasteiger partial charge in [-0.2, -0.15) is 0 Å². The smallest absolute Gasteiger partial charge is 0.259 e. The molecule has 1 unspecified atom stereocenters. The molecule has 2 aliphatic rings. The number of benzene rings is 1. The van der Waals surface area contributed by atoms with Crippen LogP contribution in [0, 0.1) is 0 Å². The Morgan fingerprint density at radius 3 is 2.81 bits per heavy atom. The van der Waals surface area contributed by atoms with Gasteiger partial charge in [0, 0.05) is 23.0 Å². The first-order chi connectivity index (χ1) is 9.79. The summed E-state index contributed by atoms with van der Waals surface area (Å²) in [5.41, 5.74) is -0.420. The first kappa shape index (κ1) is 14.8. The maximum absolute atomic E-state index is 13.0. The maximum Gasteiger partial charge on any atom is 0.259 e. The third kappa shape index (κ3) is 2.16. The van der Waals surface area contributed by atoms with E-state index in [4.69, 9.17) is 17.0 Å². The summed E-state index contributed by atoms with van der Waals surface area (Å²) in [7, 11) is 0. The molecule has 1 spiro atoms. The summed E-state index contributed by atoms with van der Waals surface area (Å²) in [6, 6.07) is 5.76. The van der Waals surface area contributed by atoms with Gasteiger partial charge < -0.3 is 10.1 Å². The highest BCUT2D eigenvalue weighted by molar-refractivity contribution is 9.10. The largest absolute Gasteiger partial charge is 0.487 e. The van der Waals surface area contributed by atoms with Crippen LogP contribution in [0.25, 0.3) is 0 Å². The first-order valence-corrected chi connectivity index (χ1v) is 8.12. The normalized spacial score (nSPS) is 26.6. The molecule has 3 rings (SSSR count). The van der Waals surface area contributed by atoms with Crippen molar-refractivity contribution in [3.05, 3.63) is 28.2 Å². The summed E-state index contributed by atoms with van der Waals surface area (Å²) >= 11 is 8.82. The third-order valence-corrected chi connectivity index (χ3v) is 4.79. The minimum absolute atomic E-state index is 0.00530. The summed E-state index contributed by atoms with van der Waals surface area (Å²) < 4.78 is 6.95. The van der Waals surface area contributed by atoms with Crippen molar-refractivity contribution in [3.8, 4) is 5.75 Å². The van der Waals surface area contributed by atoms with Crippen LogP contribution in [0.2, 0.25) is 0 Å². The third-order valence-electron chi connectivity index (χ3n) is 3.97. The Bertz CT molecular complexity index is 647. The Hall–Kier alpha value is -1.14. The Morgan fingerprint density at radius 2 is 2.19 bits per heavy atom. The number of hydrogen-bond donors (Lipinski definition) is 1. The molecule has 1 N–H and O–H groups in total. The second kappa shape index (κ2) is 4.68. The van der Waals surface area contributed by atoms with Gasteiger partial charge in [0.25, 0.3) is 5.91 Å². The van der Waals surface area contributed by atoms with E-state index >= 15 is 0 Å². The van der Waals surface area contributed by atoms with Gasteiger partial charge >= 0.3 is 0 Å². The van der Waals surface area contributed by atoms with E-state index in [9.17, 15) is 4.79 Å². The lowest BCUT2D eigenvalue weighted by molar-refractivity contribution is -0.134. The lowest BCUT2D eigenvalue weighted by Crippen LogP contribution is -2.53. The summed E-state index contributed by atoms with van der Waals surface area (Å²) in [6.45, 7) is 6.48.